The van der Waals surface area contributed by atoms with Gasteiger partial charge in [-0.05, 0) is 32.6 Å². The molecule has 2 fully saturated rings. The molecule has 2 aliphatic heterocycles. The number of oxime groups is 1. The maximum absolute atomic E-state index is 12.8. The Labute approximate surface area is 162 Å². The van der Waals surface area contributed by atoms with Crippen molar-refractivity contribution in [2.75, 3.05) is 13.1 Å². The Kier molecular flexibility index (Phi) is 3.69. The molecule has 8 heteroatoms. The summed E-state index contributed by atoms with van der Waals surface area (Å²) < 4.78 is 1.96. The number of rotatable bonds is 4. The van der Waals surface area contributed by atoms with Crippen LogP contribution in [0.15, 0.2) is 29.3 Å². The van der Waals surface area contributed by atoms with Crippen molar-refractivity contribution in [3.8, 4) is 0 Å². The molecule has 7 nitrogen and oxygen atoms in total. The molecule has 1 saturated heterocycles. The third kappa shape index (κ3) is 2.86. The van der Waals surface area contributed by atoms with Crippen molar-refractivity contribution >= 4 is 23.0 Å². The normalized spacial score (nSPS) is 29.2. The van der Waals surface area contributed by atoms with Gasteiger partial charge in [-0.2, -0.15) is 0 Å². The molecule has 0 spiro atoms. The zero-order valence-corrected chi connectivity index (χ0v) is 16.5. The summed E-state index contributed by atoms with van der Waals surface area (Å²) in [6.07, 6.45) is 6.27. The van der Waals surface area contributed by atoms with Crippen LogP contribution in [0.4, 0.5) is 0 Å². The molecule has 4 heterocycles. The number of piperidine rings is 1. The number of carbonyl (C=O) groups excluding carboxylic acids is 1. The fourth-order valence-corrected chi connectivity index (χ4v) is 5.14. The van der Waals surface area contributed by atoms with E-state index in [9.17, 15) is 4.79 Å². The minimum Gasteiger partial charge on any atom is -0.389 e. The van der Waals surface area contributed by atoms with Crippen LogP contribution in [-0.4, -0.2) is 49.7 Å². The molecule has 1 unspecified atom stereocenters. The third-order valence-electron chi connectivity index (χ3n) is 5.96. The number of carbonyl (C=O) groups is 1. The number of hydrogen-bond donors (Lipinski definition) is 0. The fraction of sp³-hybridized carbons (Fsp3) is 0.579. The molecule has 0 bridgehead atoms. The zero-order chi connectivity index (χ0) is 18.8. The Bertz CT molecular complexity index is 891. The lowest BCUT2D eigenvalue weighted by Gasteiger charge is -2.19. The van der Waals surface area contributed by atoms with Crippen LogP contribution in [0.1, 0.15) is 48.7 Å². The Balaban J connectivity index is 1.22. The van der Waals surface area contributed by atoms with E-state index < -0.39 is 0 Å². The van der Waals surface area contributed by atoms with Gasteiger partial charge < -0.3 is 14.3 Å². The molecule has 1 aliphatic carbocycles. The van der Waals surface area contributed by atoms with E-state index in [0.29, 0.717) is 23.4 Å². The van der Waals surface area contributed by atoms with Crippen molar-refractivity contribution in [1.29, 1.82) is 0 Å². The molecule has 0 aromatic carbocycles. The first kappa shape index (κ1) is 16.9. The van der Waals surface area contributed by atoms with Gasteiger partial charge in [0.15, 0.2) is 0 Å². The molecular weight excluding hydrogens is 362 g/mol. The summed E-state index contributed by atoms with van der Waals surface area (Å²) in [4.78, 5) is 29.0. The Morgan fingerprint density at radius 2 is 2.11 bits per heavy atom. The van der Waals surface area contributed by atoms with E-state index in [4.69, 9.17) is 4.84 Å². The second kappa shape index (κ2) is 5.89. The largest absolute Gasteiger partial charge is 0.389 e. The Hall–Kier alpha value is -2.22. The number of amides is 1. The summed E-state index contributed by atoms with van der Waals surface area (Å²) in [5.41, 5.74) is 1.52. The molecule has 3 aliphatic rings. The molecule has 0 radical (unpaired) electrons. The number of imidazole rings is 1. The van der Waals surface area contributed by atoms with Gasteiger partial charge in [-0.25, -0.2) is 9.97 Å². The van der Waals surface area contributed by atoms with Gasteiger partial charge in [0.1, 0.15) is 16.3 Å². The second-order valence-corrected chi connectivity index (χ2v) is 9.35. The van der Waals surface area contributed by atoms with Crippen LogP contribution in [0.3, 0.4) is 0 Å². The van der Waals surface area contributed by atoms with Crippen LogP contribution in [0.25, 0.3) is 0 Å². The minimum absolute atomic E-state index is 0.0241. The summed E-state index contributed by atoms with van der Waals surface area (Å²) in [6.45, 7) is 7.79. The monoisotopic (exact) mass is 385 g/mol. The molecule has 142 valence electrons. The lowest BCUT2D eigenvalue weighted by Crippen LogP contribution is -2.33. The third-order valence-corrected chi connectivity index (χ3v) is 6.91. The average molecular weight is 385 g/mol. The molecule has 4 atom stereocenters. The van der Waals surface area contributed by atoms with Gasteiger partial charge >= 0.3 is 0 Å². The van der Waals surface area contributed by atoms with Crippen LogP contribution in [0, 0.1) is 17.8 Å². The summed E-state index contributed by atoms with van der Waals surface area (Å²) in [5, 5.41) is 7.27. The highest BCUT2D eigenvalue weighted by Crippen LogP contribution is 2.54. The summed E-state index contributed by atoms with van der Waals surface area (Å²) in [5.74, 6) is 1.58. The Morgan fingerprint density at radius 3 is 2.74 bits per heavy atom. The van der Waals surface area contributed by atoms with E-state index in [1.807, 2.05) is 21.0 Å². The topological polar surface area (TPSA) is 72.6 Å². The SMILES string of the molecule is C[C@@H](c1nccs1)n1cnc(C(=O)N2C[C@@H]3C(C4=NOC(C)(C)C4)[C@@H]3C2)c1. The first-order valence-corrected chi connectivity index (χ1v) is 10.3. The fourth-order valence-electron chi connectivity index (χ4n) is 4.44. The first-order chi connectivity index (χ1) is 12.9. The van der Waals surface area contributed by atoms with Crippen LogP contribution >= 0.6 is 11.3 Å². The van der Waals surface area contributed by atoms with Crippen LogP contribution < -0.4 is 0 Å². The summed E-state index contributed by atoms with van der Waals surface area (Å²) in [7, 11) is 0. The number of aromatic nitrogens is 3. The average Bonchev–Trinajstić information content (AvgIpc) is 3.26. The summed E-state index contributed by atoms with van der Waals surface area (Å²) >= 11 is 1.61. The van der Waals surface area contributed by atoms with Gasteiger partial charge in [-0.15, -0.1) is 11.3 Å². The van der Waals surface area contributed by atoms with Crippen molar-refractivity contribution in [1.82, 2.24) is 19.4 Å². The van der Waals surface area contributed by atoms with Crippen molar-refractivity contribution in [2.24, 2.45) is 22.9 Å². The number of hydrogen-bond acceptors (Lipinski definition) is 6. The second-order valence-electron chi connectivity index (χ2n) is 8.43. The number of fused-ring (bicyclic) bond motifs is 1. The van der Waals surface area contributed by atoms with Crippen molar-refractivity contribution in [3.63, 3.8) is 0 Å². The molecule has 0 N–H and O–H groups in total. The minimum atomic E-state index is -0.178. The maximum Gasteiger partial charge on any atom is 0.274 e. The molecule has 2 aromatic heterocycles. The predicted molar refractivity (Wildman–Crippen MR) is 102 cm³/mol. The van der Waals surface area contributed by atoms with E-state index in [-0.39, 0.29) is 17.6 Å². The van der Waals surface area contributed by atoms with Gasteiger partial charge in [0, 0.05) is 43.2 Å². The number of thiazole rings is 1. The van der Waals surface area contributed by atoms with Crippen molar-refractivity contribution in [2.45, 2.75) is 38.8 Å². The summed E-state index contributed by atoms with van der Waals surface area (Å²) in [6, 6.07) is 0.0825. The standard InChI is InChI=1S/C19H23N5O2S/c1-11(17-20-4-5-27-17)24-9-15(21-10-24)18(25)23-7-12-13(8-23)16(12)14-6-19(2,3)26-22-14/h4-5,9-13,16H,6-8H2,1-3H3/t11-,12-,13+,16?/m0/s1. The quantitative estimate of drug-likeness (QED) is 0.811. The molecule has 1 amide bonds. The molecule has 1 saturated carbocycles. The highest BCUT2D eigenvalue weighted by atomic mass is 32.1. The van der Waals surface area contributed by atoms with Crippen LogP contribution in [0.2, 0.25) is 0 Å². The van der Waals surface area contributed by atoms with Crippen molar-refractivity contribution < 1.29 is 9.63 Å². The molecule has 2 aromatic rings. The van der Waals surface area contributed by atoms with E-state index in [0.717, 1.165) is 24.5 Å². The van der Waals surface area contributed by atoms with Gasteiger partial charge in [0.25, 0.3) is 5.91 Å². The van der Waals surface area contributed by atoms with Crippen LogP contribution in [0.5, 0.6) is 0 Å². The van der Waals surface area contributed by atoms with E-state index in [2.05, 4.69) is 35.9 Å². The van der Waals surface area contributed by atoms with E-state index in [1.165, 1.54) is 5.71 Å². The lowest BCUT2D eigenvalue weighted by atomic mass is 9.98. The predicted octanol–water partition coefficient (Wildman–Crippen LogP) is 2.82. The molecular formula is C19H23N5O2S. The number of nitrogens with zero attached hydrogens (tertiary/aromatic N) is 5. The smallest absolute Gasteiger partial charge is 0.274 e. The highest BCUT2D eigenvalue weighted by molar-refractivity contribution is 7.09. The van der Waals surface area contributed by atoms with E-state index in [1.54, 1.807) is 23.9 Å². The van der Waals surface area contributed by atoms with Gasteiger partial charge in [-0.1, -0.05) is 5.16 Å². The highest BCUT2D eigenvalue weighted by Gasteiger charge is 2.60. The zero-order valence-electron chi connectivity index (χ0n) is 15.7. The van der Waals surface area contributed by atoms with Crippen molar-refractivity contribution in [3.05, 3.63) is 34.8 Å². The first-order valence-electron chi connectivity index (χ1n) is 9.40. The Morgan fingerprint density at radius 1 is 1.33 bits per heavy atom. The van der Waals surface area contributed by atoms with Gasteiger partial charge in [0.05, 0.1) is 18.1 Å². The van der Waals surface area contributed by atoms with Gasteiger partial charge in [-0.3, -0.25) is 4.79 Å². The van der Waals surface area contributed by atoms with Gasteiger partial charge in [0.2, 0.25) is 0 Å². The van der Waals surface area contributed by atoms with Crippen LogP contribution in [-0.2, 0) is 4.84 Å². The van der Waals surface area contributed by atoms with E-state index >= 15 is 0 Å². The number of likely N-dealkylation sites (tertiary alicyclic amines) is 1. The lowest BCUT2D eigenvalue weighted by molar-refractivity contribution is 0.0123. The molecule has 5 rings (SSSR count). The maximum atomic E-state index is 12.8. The molecule has 27 heavy (non-hydrogen) atoms.